The van der Waals surface area contributed by atoms with Crippen LogP contribution in [0, 0.1) is 6.92 Å². The molecule has 0 spiro atoms. The molecule has 2 aromatic rings. The summed E-state index contributed by atoms with van der Waals surface area (Å²) < 4.78 is 0. The summed E-state index contributed by atoms with van der Waals surface area (Å²) >= 11 is 0. The molecule has 0 aliphatic heterocycles. The number of carbonyl (C=O) groups is 1. The Morgan fingerprint density at radius 3 is 2.33 bits per heavy atom. The first kappa shape index (κ1) is 14.6. The van der Waals surface area contributed by atoms with Gasteiger partial charge in [0.15, 0.2) is 0 Å². The predicted molar refractivity (Wildman–Crippen MR) is 84.3 cm³/mol. The number of aryl methyl sites for hydroxylation is 1. The Labute approximate surface area is 123 Å². The Morgan fingerprint density at radius 1 is 1.05 bits per heavy atom. The van der Waals surface area contributed by atoms with Crippen LogP contribution in [0.4, 0.5) is 16.2 Å². The van der Waals surface area contributed by atoms with Crippen molar-refractivity contribution in [1.29, 1.82) is 0 Å². The van der Waals surface area contributed by atoms with E-state index in [2.05, 4.69) is 15.8 Å². The van der Waals surface area contributed by atoms with Crippen LogP contribution in [-0.2, 0) is 0 Å². The minimum absolute atomic E-state index is 0.305. The third kappa shape index (κ3) is 4.07. The zero-order valence-electron chi connectivity index (χ0n) is 11.9. The van der Waals surface area contributed by atoms with Crippen LogP contribution in [0.1, 0.15) is 18.1 Å². The summed E-state index contributed by atoms with van der Waals surface area (Å²) in [6.45, 7) is 3.67. The fourth-order valence-electron chi connectivity index (χ4n) is 1.87. The molecule has 2 aromatic carbocycles. The number of benzene rings is 2. The van der Waals surface area contributed by atoms with Gasteiger partial charge in [-0.2, -0.15) is 0 Å². The molecule has 0 saturated carbocycles. The molecule has 3 N–H and O–H groups in total. The highest BCUT2D eigenvalue weighted by Gasteiger charge is 2.03. The van der Waals surface area contributed by atoms with Gasteiger partial charge in [-0.1, -0.05) is 29.4 Å². The fraction of sp³-hybridized carbons (Fsp3) is 0.125. The van der Waals surface area contributed by atoms with Gasteiger partial charge in [0, 0.05) is 11.4 Å². The average Bonchev–Trinajstić information content (AvgIpc) is 2.47. The molecule has 0 fully saturated rings. The van der Waals surface area contributed by atoms with E-state index in [-0.39, 0.29) is 6.03 Å². The number of hydrogen-bond donors (Lipinski definition) is 3. The number of nitrogens with one attached hydrogen (secondary N) is 2. The molecule has 0 aliphatic rings. The van der Waals surface area contributed by atoms with Crippen LogP contribution in [0.25, 0.3) is 0 Å². The second-order valence-electron chi connectivity index (χ2n) is 4.71. The van der Waals surface area contributed by atoms with Gasteiger partial charge < -0.3 is 15.8 Å². The van der Waals surface area contributed by atoms with Crippen LogP contribution < -0.4 is 10.6 Å². The Hall–Kier alpha value is -2.82. The Morgan fingerprint density at radius 2 is 1.71 bits per heavy atom. The Bertz CT molecular complexity index is 663. The molecule has 0 aliphatic carbocycles. The molecule has 0 bridgehead atoms. The van der Waals surface area contributed by atoms with Crippen molar-refractivity contribution < 1.29 is 10.0 Å². The minimum atomic E-state index is -0.305. The van der Waals surface area contributed by atoms with Crippen molar-refractivity contribution in [3.05, 3.63) is 59.7 Å². The lowest BCUT2D eigenvalue weighted by molar-refractivity contribution is 0.262. The van der Waals surface area contributed by atoms with Crippen molar-refractivity contribution in [2.24, 2.45) is 5.16 Å². The molecule has 5 nitrogen and oxygen atoms in total. The highest BCUT2D eigenvalue weighted by atomic mass is 16.4. The van der Waals surface area contributed by atoms with E-state index in [1.165, 1.54) is 0 Å². The second-order valence-corrected chi connectivity index (χ2v) is 4.71. The van der Waals surface area contributed by atoms with E-state index in [4.69, 9.17) is 5.21 Å². The third-order valence-corrected chi connectivity index (χ3v) is 2.99. The quantitative estimate of drug-likeness (QED) is 0.455. The molecular weight excluding hydrogens is 266 g/mol. The zero-order chi connectivity index (χ0) is 15.2. The largest absolute Gasteiger partial charge is 0.411 e. The first-order chi connectivity index (χ1) is 10.1. The molecule has 108 valence electrons. The highest BCUT2D eigenvalue weighted by Crippen LogP contribution is 2.13. The monoisotopic (exact) mass is 283 g/mol. The normalized spacial score (nSPS) is 11.0. The lowest BCUT2D eigenvalue weighted by Crippen LogP contribution is -2.19. The number of carbonyl (C=O) groups excluding carboxylic acids is 1. The van der Waals surface area contributed by atoms with Gasteiger partial charge in [-0.05, 0) is 49.2 Å². The van der Waals surface area contributed by atoms with Gasteiger partial charge >= 0.3 is 6.03 Å². The molecular formula is C16H17N3O2. The summed E-state index contributed by atoms with van der Waals surface area (Å²) in [7, 11) is 0. The molecule has 21 heavy (non-hydrogen) atoms. The van der Waals surface area contributed by atoms with E-state index in [0.717, 1.165) is 16.8 Å². The number of hydrogen-bond acceptors (Lipinski definition) is 3. The van der Waals surface area contributed by atoms with E-state index < -0.39 is 0 Å². The van der Waals surface area contributed by atoms with E-state index in [9.17, 15) is 4.79 Å². The average molecular weight is 283 g/mol. The van der Waals surface area contributed by atoms with E-state index in [1.807, 2.05) is 31.2 Å². The third-order valence-electron chi connectivity index (χ3n) is 2.99. The number of nitrogens with zero attached hydrogens (tertiary/aromatic N) is 1. The Kier molecular flexibility index (Phi) is 4.56. The molecule has 0 radical (unpaired) electrons. The van der Waals surface area contributed by atoms with Crippen LogP contribution in [0.3, 0.4) is 0 Å². The summed E-state index contributed by atoms with van der Waals surface area (Å²) in [5, 5.41) is 17.3. The predicted octanol–water partition coefficient (Wildman–Crippen LogP) is 3.84. The van der Waals surface area contributed by atoms with E-state index >= 15 is 0 Å². The summed E-state index contributed by atoms with van der Waals surface area (Å²) in [6.07, 6.45) is 0. The lowest BCUT2D eigenvalue weighted by Gasteiger charge is -2.08. The molecule has 2 rings (SSSR count). The van der Waals surface area contributed by atoms with Crippen LogP contribution in [0.2, 0.25) is 0 Å². The standard InChI is InChI=1S/C16H17N3O2/c1-11-4-3-5-15(10-11)18-16(20)17-14-8-6-13(7-9-14)12(2)19-21/h3-10,21H,1-2H3,(H2,17,18,20)/b19-12+. The second kappa shape index (κ2) is 6.56. The number of oxime groups is 1. The molecule has 2 amide bonds. The fourth-order valence-corrected chi connectivity index (χ4v) is 1.87. The van der Waals surface area contributed by atoms with Crippen molar-refractivity contribution >= 4 is 23.1 Å². The number of rotatable bonds is 3. The van der Waals surface area contributed by atoms with Gasteiger partial charge in [0.2, 0.25) is 0 Å². The molecule has 0 unspecified atom stereocenters. The lowest BCUT2D eigenvalue weighted by atomic mass is 10.1. The molecule has 5 heteroatoms. The van der Waals surface area contributed by atoms with Gasteiger partial charge in [-0.15, -0.1) is 0 Å². The smallest absolute Gasteiger partial charge is 0.323 e. The Balaban J connectivity index is 2.00. The van der Waals surface area contributed by atoms with Crippen LogP contribution >= 0.6 is 0 Å². The maximum Gasteiger partial charge on any atom is 0.323 e. The van der Waals surface area contributed by atoms with Crippen molar-refractivity contribution in [2.75, 3.05) is 10.6 Å². The topological polar surface area (TPSA) is 73.7 Å². The minimum Gasteiger partial charge on any atom is -0.411 e. The first-order valence-corrected chi connectivity index (χ1v) is 6.52. The van der Waals surface area contributed by atoms with Crippen LogP contribution in [-0.4, -0.2) is 17.0 Å². The van der Waals surface area contributed by atoms with Gasteiger partial charge in [-0.25, -0.2) is 4.79 Å². The maximum atomic E-state index is 11.9. The number of urea groups is 1. The number of amides is 2. The summed E-state index contributed by atoms with van der Waals surface area (Å²) in [4.78, 5) is 11.9. The van der Waals surface area contributed by atoms with E-state index in [0.29, 0.717) is 11.4 Å². The van der Waals surface area contributed by atoms with Gasteiger partial charge in [-0.3, -0.25) is 0 Å². The maximum absolute atomic E-state index is 11.9. The summed E-state index contributed by atoms with van der Waals surface area (Å²) in [5.74, 6) is 0. The molecule has 0 saturated heterocycles. The van der Waals surface area contributed by atoms with E-state index in [1.54, 1.807) is 31.2 Å². The first-order valence-electron chi connectivity index (χ1n) is 6.52. The van der Waals surface area contributed by atoms with Gasteiger partial charge in [0.25, 0.3) is 0 Å². The number of anilines is 2. The van der Waals surface area contributed by atoms with Gasteiger partial charge in [0.05, 0.1) is 5.71 Å². The molecule has 0 aromatic heterocycles. The summed E-state index contributed by atoms with van der Waals surface area (Å²) in [6, 6.07) is 14.3. The molecule has 0 atom stereocenters. The molecule has 0 heterocycles. The van der Waals surface area contributed by atoms with Gasteiger partial charge in [0.1, 0.15) is 0 Å². The van der Waals surface area contributed by atoms with Crippen LogP contribution in [0.5, 0.6) is 0 Å². The summed E-state index contributed by atoms with van der Waals surface area (Å²) in [5.41, 5.74) is 3.80. The van der Waals surface area contributed by atoms with Crippen molar-refractivity contribution in [3.8, 4) is 0 Å². The SMILES string of the molecule is C/C(=N\O)c1ccc(NC(=O)Nc2cccc(C)c2)cc1. The van der Waals surface area contributed by atoms with Crippen molar-refractivity contribution in [3.63, 3.8) is 0 Å². The van der Waals surface area contributed by atoms with Crippen molar-refractivity contribution in [2.45, 2.75) is 13.8 Å². The van der Waals surface area contributed by atoms with Crippen LogP contribution in [0.15, 0.2) is 53.7 Å². The highest BCUT2D eigenvalue weighted by molar-refractivity contribution is 6.01. The zero-order valence-corrected chi connectivity index (χ0v) is 11.9. The van der Waals surface area contributed by atoms with Crippen molar-refractivity contribution in [1.82, 2.24) is 0 Å².